The third kappa shape index (κ3) is 5.80. The molecule has 11 heteroatoms. The highest BCUT2D eigenvalue weighted by Gasteiger charge is 2.32. The molecule has 2 aromatic heterocycles. The van der Waals surface area contributed by atoms with E-state index in [4.69, 9.17) is 16.3 Å². The summed E-state index contributed by atoms with van der Waals surface area (Å²) in [5.41, 5.74) is 0.0283. The molecule has 0 bridgehead atoms. The van der Waals surface area contributed by atoms with Crippen molar-refractivity contribution in [1.29, 1.82) is 0 Å². The fraction of sp³-hybridized carbons (Fsp3) is 0.269. The predicted molar refractivity (Wildman–Crippen MR) is 139 cm³/mol. The number of unbranched alkanes of at least 4 members (excludes halogenated alkanes) is 2. The van der Waals surface area contributed by atoms with E-state index in [-0.39, 0.29) is 16.7 Å². The molecule has 0 saturated heterocycles. The number of nitrogens with zero attached hydrogens (tertiary/aromatic N) is 3. The van der Waals surface area contributed by atoms with Gasteiger partial charge in [0.1, 0.15) is 5.75 Å². The fourth-order valence-corrected chi connectivity index (χ4v) is 4.94. The first-order valence-corrected chi connectivity index (χ1v) is 12.7. The zero-order chi connectivity index (χ0) is 26.7. The number of amides is 1. The van der Waals surface area contributed by atoms with Gasteiger partial charge in [0, 0.05) is 25.7 Å². The van der Waals surface area contributed by atoms with E-state index in [2.05, 4.69) is 11.9 Å². The van der Waals surface area contributed by atoms with E-state index in [1.807, 2.05) is 6.07 Å². The molecular weight excluding hydrogens is 527 g/mol. The monoisotopic (exact) mass is 549 g/mol. The van der Waals surface area contributed by atoms with Gasteiger partial charge in [-0.05, 0) is 36.8 Å². The van der Waals surface area contributed by atoms with Crippen LogP contribution in [0.4, 0.5) is 18.9 Å². The first kappa shape index (κ1) is 26.7. The minimum atomic E-state index is -4.60. The van der Waals surface area contributed by atoms with Gasteiger partial charge in [-0.25, -0.2) is 9.55 Å². The normalized spacial score (nSPS) is 11.6. The number of aromatic nitrogens is 2. The molecule has 6 nitrogen and oxygen atoms in total. The Morgan fingerprint density at radius 1 is 1.16 bits per heavy atom. The number of halogens is 4. The maximum atomic E-state index is 13.0. The van der Waals surface area contributed by atoms with Crippen LogP contribution in [0.5, 0.6) is 11.5 Å². The van der Waals surface area contributed by atoms with Gasteiger partial charge < -0.3 is 9.64 Å². The summed E-state index contributed by atoms with van der Waals surface area (Å²) in [6.45, 7) is 2.08. The first-order chi connectivity index (χ1) is 17.6. The molecule has 0 atom stereocenters. The van der Waals surface area contributed by atoms with E-state index in [1.165, 1.54) is 4.57 Å². The molecule has 4 rings (SSSR count). The van der Waals surface area contributed by atoms with Gasteiger partial charge in [-0.3, -0.25) is 9.59 Å². The van der Waals surface area contributed by atoms with Crippen LogP contribution in [-0.4, -0.2) is 22.5 Å². The topological polar surface area (TPSA) is 64.4 Å². The van der Waals surface area contributed by atoms with Crippen molar-refractivity contribution in [2.75, 3.05) is 11.9 Å². The molecule has 2 heterocycles. The van der Waals surface area contributed by atoms with Crippen molar-refractivity contribution in [1.82, 2.24) is 9.55 Å². The van der Waals surface area contributed by atoms with Gasteiger partial charge in [-0.2, -0.15) is 13.2 Å². The average molecular weight is 550 g/mol. The second-order valence-electron chi connectivity index (χ2n) is 8.34. The minimum Gasteiger partial charge on any atom is -0.455 e. The van der Waals surface area contributed by atoms with Crippen LogP contribution >= 0.6 is 22.9 Å². The molecule has 0 saturated carbocycles. The van der Waals surface area contributed by atoms with Crippen molar-refractivity contribution in [3.8, 4) is 17.3 Å². The minimum absolute atomic E-state index is 0.0174. The quantitative estimate of drug-likeness (QED) is 0.214. The Morgan fingerprint density at radius 2 is 1.92 bits per heavy atom. The van der Waals surface area contributed by atoms with Crippen LogP contribution in [0.1, 0.15) is 38.2 Å². The summed E-state index contributed by atoms with van der Waals surface area (Å²) in [6.07, 6.45) is -0.708. The number of hydrogen-bond acceptors (Lipinski definition) is 5. The maximum Gasteiger partial charge on any atom is 0.417 e. The number of ether oxygens (including phenoxy) is 1. The highest BCUT2D eigenvalue weighted by Crippen LogP contribution is 2.36. The van der Waals surface area contributed by atoms with Crippen molar-refractivity contribution in [3.05, 3.63) is 75.0 Å². The van der Waals surface area contributed by atoms with Crippen LogP contribution in [0.25, 0.3) is 16.0 Å². The van der Waals surface area contributed by atoms with E-state index >= 15 is 0 Å². The molecule has 0 radical (unpaired) electrons. The molecule has 0 unspecified atom stereocenters. The Bertz CT molecular complexity index is 1500. The third-order valence-electron chi connectivity index (χ3n) is 5.74. The predicted octanol–water partition coefficient (Wildman–Crippen LogP) is 7.45. The van der Waals surface area contributed by atoms with E-state index in [0.29, 0.717) is 40.0 Å². The molecule has 194 valence electrons. The van der Waals surface area contributed by atoms with Crippen molar-refractivity contribution >= 4 is 44.7 Å². The van der Waals surface area contributed by atoms with Gasteiger partial charge in [-0.1, -0.05) is 54.8 Å². The van der Waals surface area contributed by atoms with Crippen LogP contribution in [0.15, 0.2) is 59.5 Å². The smallest absolute Gasteiger partial charge is 0.417 e. The summed E-state index contributed by atoms with van der Waals surface area (Å²) in [5, 5.41) is -0.294. The highest BCUT2D eigenvalue weighted by atomic mass is 35.5. The number of alkyl halides is 3. The van der Waals surface area contributed by atoms with Crippen molar-refractivity contribution < 1.29 is 22.7 Å². The Morgan fingerprint density at radius 3 is 2.62 bits per heavy atom. The number of anilines is 1. The second kappa shape index (κ2) is 10.9. The van der Waals surface area contributed by atoms with Crippen LogP contribution in [0.2, 0.25) is 5.02 Å². The Labute approximate surface area is 219 Å². The Kier molecular flexibility index (Phi) is 7.89. The van der Waals surface area contributed by atoms with E-state index in [9.17, 15) is 22.8 Å². The fourth-order valence-electron chi connectivity index (χ4n) is 3.79. The van der Waals surface area contributed by atoms with Crippen LogP contribution in [0.3, 0.4) is 0 Å². The molecule has 37 heavy (non-hydrogen) atoms. The van der Waals surface area contributed by atoms with Crippen LogP contribution in [0, 0.1) is 0 Å². The zero-order valence-electron chi connectivity index (χ0n) is 20.0. The molecular formula is C26H23ClF3N3O3S. The van der Waals surface area contributed by atoms with Gasteiger partial charge >= 0.3 is 11.0 Å². The number of pyridine rings is 1. The SMILES string of the molecule is CCCCCC(=O)N(C)c1ccccc1Oc1ccc2c(c1)sc(=O)n2-c1ncc(C(F)(F)F)cc1Cl. The van der Waals surface area contributed by atoms with Gasteiger partial charge in [0.2, 0.25) is 5.91 Å². The van der Waals surface area contributed by atoms with Gasteiger partial charge in [0.25, 0.3) is 0 Å². The number of hydrogen-bond donors (Lipinski definition) is 0. The maximum absolute atomic E-state index is 13.0. The van der Waals surface area contributed by atoms with E-state index < -0.39 is 16.6 Å². The number of para-hydroxylation sites is 2. The standard InChI is InChI=1S/C26H23ClF3N3O3S/c1-3-4-5-10-23(34)32(2)19-8-6-7-9-21(19)36-17-11-12-20-22(14-17)37-25(35)33(20)24-18(27)13-16(15-31-24)26(28,29)30/h6-9,11-15H,3-5,10H2,1-2H3. The highest BCUT2D eigenvalue weighted by molar-refractivity contribution is 7.16. The lowest BCUT2D eigenvalue weighted by Crippen LogP contribution is -2.26. The molecule has 0 aliphatic carbocycles. The summed E-state index contributed by atoms with van der Waals surface area (Å²) in [5.74, 6) is 0.781. The second-order valence-corrected chi connectivity index (χ2v) is 9.74. The summed E-state index contributed by atoms with van der Waals surface area (Å²) in [7, 11) is 1.70. The molecule has 2 aromatic carbocycles. The first-order valence-electron chi connectivity index (χ1n) is 11.5. The summed E-state index contributed by atoms with van der Waals surface area (Å²) in [4.78, 5) is 30.3. The van der Waals surface area contributed by atoms with Crippen molar-refractivity contribution in [3.63, 3.8) is 0 Å². The molecule has 0 aliphatic rings. The number of benzene rings is 2. The lowest BCUT2D eigenvalue weighted by Gasteiger charge is -2.20. The number of thiazole rings is 1. The van der Waals surface area contributed by atoms with Crippen molar-refractivity contribution in [2.45, 2.75) is 38.8 Å². The summed E-state index contributed by atoms with van der Waals surface area (Å²) >= 11 is 6.96. The lowest BCUT2D eigenvalue weighted by molar-refractivity contribution is -0.137. The lowest BCUT2D eigenvalue weighted by atomic mass is 10.2. The van der Waals surface area contributed by atoms with Gasteiger partial charge in [0.05, 0.1) is 26.5 Å². The number of carbonyl (C=O) groups excluding carboxylic acids is 1. The average Bonchev–Trinajstić information content (AvgIpc) is 3.18. The molecule has 0 fully saturated rings. The molecule has 0 spiro atoms. The van der Waals surface area contributed by atoms with Crippen LogP contribution < -0.4 is 14.5 Å². The number of carbonyl (C=O) groups is 1. The van der Waals surface area contributed by atoms with E-state index in [1.54, 1.807) is 48.3 Å². The molecule has 1 amide bonds. The van der Waals surface area contributed by atoms with E-state index in [0.717, 1.165) is 36.7 Å². The molecule has 0 N–H and O–H groups in total. The Hall–Kier alpha value is -3.37. The van der Waals surface area contributed by atoms with Gasteiger partial charge in [-0.15, -0.1) is 0 Å². The van der Waals surface area contributed by atoms with Gasteiger partial charge in [0.15, 0.2) is 11.6 Å². The zero-order valence-corrected chi connectivity index (χ0v) is 21.6. The number of fused-ring (bicyclic) bond motifs is 1. The molecule has 0 aliphatic heterocycles. The number of rotatable bonds is 8. The van der Waals surface area contributed by atoms with Crippen molar-refractivity contribution in [2.24, 2.45) is 0 Å². The molecule has 4 aromatic rings. The largest absolute Gasteiger partial charge is 0.455 e. The third-order valence-corrected chi connectivity index (χ3v) is 6.92. The van der Waals surface area contributed by atoms with Crippen LogP contribution in [-0.2, 0) is 11.0 Å². The summed E-state index contributed by atoms with van der Waals surface area (Å²) < 4.78 is 46.7. The Balaban J connectivity index is 1.63. The summed E-state index contributed by atoms with van der Waals surface area (Å²) in [6, 6.07) is 12.8.